The molecule has 0 N–H and O–H groups in total. The van der Waals surface area contributed by atoms with E-state index in [1.165, 1.54) is 0 Å². The average Bonchev–Trinajstić information content (AvgIpc) is 3.17. The minimum absolute atomic E-state index is 0.130. The molecule has 3 aromatic heterocycles. The third-order valence-corrected chi connectivity index (χ3v) is 4.81. The largest absolute Gasteiger partial charge is 0.309 e. The molecular weight excluding hydrogens is 362 g/mol. The number of benzene rings is 1. The first kappa shape index (κ1) is 19.0. The molecule has 4 rings (SSSR count). The SMILES string of the molecule is CN(C)CCCC(=O)c1ccnc(-c2cnn3ccc(-c4ccccc4)nc23)c1. The van der Waals surface area contributed by atoms with Crippen molar-refractivity contribution in [1.82, 2.24) is 24.5 Å². The molecule has 0 saturated carbocycles. The number of hydrogen-bond donors (Lipinski definition) is 0. The highest BCUT2D eigenvalue weighted by atomic mass is 16.1. The number of carbonyl (C=O) groups is 1. The number of nitrogens with zero attached hydrogens (tertiary/aromatic N) is 5. The number of hydrogen-bond acceptors (Lipinski definition) is 5. The molecule has 29 heavy (non-hydrogen) atoms. The fourth-order valence-corrected chi connectivity index (χ4v) is 3.27. The minimum Gasteiger partial charge on any atom is -0.309 e. The summed E-state index contributed by atoms with van der Waals surface area (Å²) in [6.45, 7) is 0.893. The standard InChI is InChI=1S/C23H23N5O/c1-27(2)13-6-9-22(29)18-10-12-24-21(15-18)19-16-25-28-14-11-20(26-23(19)28)17-7-4-3-5-8-17/h3-5,7-8,10-12,14-16H,6,9,13H2,1-2H3. The third kappa shape index (κ3) is 4.22. The van der Waals surface area contributed by atoms with Crippen molar-refractivity contribution >= 4 is 11.4 Å². The lowest BCUT2D eigenvalue weighted by atomic mass is 10.1. The second kappa shape index (κ2) is 8.32. The molecule has 0 aliphatic heterocycles. The van der Waals surface area contributed by atoms with Crippen LogP contribution in [-0.2, 0) is 0 Å². The highest BCUT2D eigenvalue weighted by Crippen LogP contribution is 2.25. The summed E-state index contributed by atoms with van der Waals surface area (Å²) in [7, 11) is 4.02. The van der Waals surface area contributed by atoms with Crippen LogP contribution < -0.4 is 0 Å². The monoisotopic (exact) mass is 385 g/mol. The van der Waals surface area contributed by atoms with E-state index in [1.54, 1.807) is 23.0 Å². The topological polar surface area (TPSA) is 63.4 Å². The summed E-state index contributed by atoms with van der Waals surface area (Å²) in [4.78, 5) is 23.9. The lowest BCUT2D eigenvalue weighted by Crippen LogP contribution is -2.14. The van der Waals surface area contributed by atoms with Gasteiger partial charge in [-0.15, -0.1) is 0 Å². The average molecular weight is 385 g/mol. The lowest BCUT2D eigenvalue weighted by Gasteiger charge is -2.08. The zero-order chi connectivity index (χ0) is 20.2. The molecule has 0 atom stereocenters. The molecule has 0 aliphatic carbocycles. The van der Waals surface area contributed by atoms with E-state index in [0.29, 0.717) is 17.7 Å². The maximum Gasteiger partial charge on any atom is 0.164 e. The first-order valence-electron chi connectivity index (χ1n) is 9.66. The summed E-state index contributed by atoms with van der Waals surface area (Å²) in [6, 6.07) is 15.6. The Morgan fingerprint density at radius 3 is 2.69 bits per heavy atom. The number of fused-ring (bicyclic) bond motifs is 1. The number of pyridine rings is 1. The molecule has 6 nitrogen and oxygen atoms in total. The summed E-state index contributed by atoms with van der Waals surface area (Å²) in [6.07, 6.45) is 6.68. The van der Waals surface area contributed by atoms with Gasteiger partial charge < -0.3 is 4.90 Å². The molecule has 0 aliphatic rings. The van der Waals surface area contributed by atoms with E-state index in [1.807, 2.05) is 62.8 Å². The van der Waals surface area contributed by atoms with E-state index < -0.39 is 0 Å². The van der Waals surface area contributed by atoms with Gasteiger partial charge in [-0.2, -0.15) is 5.10 Å². The summed E-state index contributed by atoms with van der Waals surface area (Å²) in [5.41, 5.74) is 4.82. The molecule has 0 fully saturated rings. The molecule has 0 saturated heterocycles. The number of aromatic nitrogens is 4. The van der Waals surface area contributed by atoms with Crippen LogP contribution >= 0.6 is 0 Å². The van der Waals surface area contributed by atoms with Crippen LogP contribution in [0, 0.1) is 0 Å². The summed E-state index contributed by atoms with van der Waals surface area (Å²) in [5.74, 6) is 0.130. The van der Waals surface area contributed by atoms with E-state index in [9.17, 15) is 4.79 Å². The van der Waals surface area contributed by atoms with Gasteiger partial charge in [0.05, 0.1) is 23.1 Å². The zero-order valence-corrected chi connectivity index (χ0v) is 16.6. The normalized spacial score (nSPS) is 11.3. The third-order valence-electron chi connectivity index (χ3n) is 4.81. The van der Waals surface area contributed by atoms with Gasteiger partial charge in [-0.25, -0.2) is 9.50 Å². The van der Waals surface area contributed by atoms with E-state index in [4.69, 9.17) is 4.98 Å². The van der Waals surface area contributed by atoms with Crippen LogP contribution in [0.15, 0.2) is 67.1 Å². The Balaban J connectivity index is 1.65. The van der Waals surface area contributed by atoms with Crippen molar-refractivity contribution in [2.45, 2.75) is 12.8 Å². The van der Waals surface area contributed by atoms with Crippen LogP contribution in [-0.4, -0.2) is 50.9 Å². The van der Waals surface area contributed by atoms with Crippen molar-refractivity contribution in [3.05, 3.63) is 72.7 Å². The zero-order valence-electron chi connectivity index (χ0n) is 16.6. The fourth-order valence-electron chi connectivity index (χ4n) is 3.27. The minimum atomic E-state index is 0.130. The molecule has 3 heterocycles. The lowest BCUT2D eigenvalue weighted by molar-refractivity contribution is 0.0977. The smallest absolute Gasteiger partial charge is 0.164 e. The highest BCUT2D eigenvalue weighted by molar-refractivity contribution is 5.97. The molecule has 0 spiro atoms. The van der Waals surface area contributed by atoms with Gasteiger partial charge in [0.15, 0.2) is 11.4 Å². The van der Waals surface area contributed by atoms with Gasteiger partial charge in [0, 0.05) is 29.9 Å². The van der Waals surface area contributed by atoms with Crippen LogP contribution in [0.3, 0.4) is 0 Å². The van der Waals surface area contributed by atoms with Crippen LogP contribution in [0.1, 0.15) is 23.2 Å². The van der Waals surface area contributed by atoms with Gasteiger partial charge in [0.2, 0.25) is 0 Å². The molecule has 146 valence electrons. The molecule has 0 amide bonds. The second-order valence-electron chi connectivity index (χ2n) is 7.26. The Morgan fingerprint density at radius 1 is 1.07 bits per heavy atom. The molecular formula is C23H23N5O. The Hall–Kier alpha value is -3.38. The van der Waals surface area contributed by atoms with Gasteiger partial charge in [0.25, 0.3) is 0 Å². The van der Waals surface area contributed by atoms with Crippen LogP contribution in [0.2, 0.25) is 0 Å². The summed E-state index contributed by atoms with van der Waals surface area (Å²) < 4.78 is 1.73. The fraction of sp³-hybridized carbons (Fsp3) is 0.217. The van der Waals surface area contributed by atoms with Gasteiger partial charge in [0.1, 0.15) is 0 Å². The second-order valence-corrected chi connectivity index (χ2v) is 7.26. The molecule has 0 radical (unpaired) electrons. The molecule has 1 aromatic carbocycles. The molecule has 4 aromatic rings. The summed E-state index contributed by atoms with van der Waals surface area (Å²) in [5, 5.41) is 4.40. The van der Waals surface area contributed by atoms with E-state index in [2.05, 4.69) is 15.0 Å². The van der Waals surface area contributed by atoms with Gasteiger partial charge in [-0.3, -0.25) is 9.78 Å². The van der Waals surface area contributed by atoms with Crippen molar-refractivity contribution in [2.24, 2.45) is 0 Å². The molecule has 0 bridgehead atoms. The maximum atomic E-state index is 12.6. The Kier molecular flexibility index (Phi) is 5.44. The van der Waals surface area contributed by atoms with Gasteiger partial charge >= 0.3 is 0 Å². The number of Topliss-reactive ketones (excluding diaryl/α,β-unsaturated/α-hetero) is 1. The Labute approximate surface area is 169 Å². The van der Waals surface area contributed by atoms with Crippen LogP contribution in [0.25, 0.3) is 28.2 Å². The van der Waals surface area contributed by atoms with E-state index in [-0.39, 0.29) is 5.78 Å². The van der Waals surface area contributed by atoms with Crippen LogP contribution in [0.5, 0.6) is 0 Å². The van der Waals surface area contributed by atoms with Gasteiger partial charge in [-0.05, 0) is 45.3 Å². The van der Waals surface area contributed by atoms with Crippen molar-refractivity contribution in [3.8, 4) is 22.5 Å². The first-order chi connectivity index (χ1) is 14.1. The summed E-state index contributed by atoms with van der Waals surface area (Å²) >= 11 is 0. The van der Waals surface area contributed by atoms with Crippen molar-refractivity contribution in [3.63, 3.8) is 0 Å². The maximum absolute atomic E-state index is 12.6. The van der Waals surface area contributed by atoms with Crippen molar-refractivity contribution in [1.29, 1.82) is 0 Å². The number of carbonyl (C=O) groups excluding carboxylic acids is 1. The molecule has 0 unspecified atom stereocenters. The predicted molar refractivity (Wildman–Crippen MR) is 114 cm³/mol. The van der Waals surface area contributed by atoms with Crippen molar-refractivity contribution in [2.75, 3.05) is 20.6 Å². The number of rotatable bonds is 7. The van der Waals surface area contributed by atoms with E-state index in [0.717, 1.165) is 35.4 Å². The van der Waals surface area contributed by atoms with Gasteiger partial charge in [-0.1, -0.05) is 30.3 Å². The first-order valence-corrected chi connectivity index (χ1v) is 9.66. The Bertz CT molecular complexity index is 1130. The number of ketones is 1. The van der Waals surface area contributed by atoms with Crippen LogP contribution in [0.4, 0.5) is 0 Å². The van der Waals surface area contributed by atoms with E-state index >= 15 is 0 Å². The van der Waals surface area contributed by atoms with Crippen molar-refractivity contribution < 1.29 is 4.79 Å². The predicted octanol–water partition coefficient (Wildman–Crippen LogP) is 3.98. The highest BCUT2D eigenvalue weighted by Gasteiger charge is 2.13. The quantitative estimate of drug-likeness (QED) is 0.450. The Morgan fingerprint density at radius 2 is 1.90 bits per heavy atom. The molecule has 6 heteroatoms.